The number of hydrogen-bond donors (Lipinski definition) is 1. The fraction of sp³-hybridized carbons (Fsp3) is 0.118. The van der Waals surface area contributed by atoms with Gasteiger partial charge in [-0.15, -0.1) is 0 Å². The first-order valence-electron chi connectivity index (χ1n) is 6.75. The van der Waals surface area contributed by atoms with Crippen LogP contribution >= 0.6 is 22.6 Å². The molecule has 3 rings (SSSR count). The maximum absolute atomic E-state index is 12.3. The minimum absolute atomic E-state index is 0.0226. The summed E-state index contributed by atoms with van der Waals surface area (Å²) in [7, 11) is 0. The van der Waals surface area contributed by atoms with Crippen LogP contribution in [-0.2, 0) is 0 Å². The summed E-state index contributed by atoms with van der Waals surface area (Å²) in [6, 6.07) is 12.8. The van der Waals surface area contributed by atoms with Crippen LogP contribution < -0.4 is 9.47 Å². The van der Waals surface area contributed by atoms with Crippen LogP contribution in [0.4, 0.5) is 0 Å². The first-order chi connectivity index (χ1) is 10.7. The van der Waals surface area contributed by atoms with Crippen molar-refractivity contribution in [1.29, 1.82) is 0 Å². The second-order valence-electron chi connectivity index (χ2n) is 4.72. The molecule has 1 aliphatic heterocycles. The zero-order valence-corrected chi connectivity index (χ0v) is 13.7. The Morgan fingerprint density at radius 1 is 1.18 bits per heavy atom. The van der Waals surface area contributed by atoms with Crippen LogP contribution in [0.1, 0.15) is 15.9 Å². The average molecular weight is 408 g/mol. The summed E-state index contributed by atoms with van der Waals surface area (Å²) in [5.41, 5.74) is 1.45. The van der Waals surface area contributed by atoms with E-state index in [0.717, 1.165) is 9.13 Å². The lowest BCUT2D eigenvalue weighted by Crippen LogP contribution is -2.01. The fourth-order valence-corrected chi connectivity index (χ4v) is 2.63. The van der Waals surface area contributed by atoms with Gasteiger partial charge in [-0.25, -0.2) is 0 Å². The molecule has 1 heterocycles. The van der Waals surface area contributed by atoms with Gasteiger partial charge in [-0.2, -0.15) is 0 Å². The molecular formula is C17H13IO4. The number of aliphatic hydroxyl groups is 1. The quantitative estimate of drug-likeness (QED) is 0.624. The summed E-state index contributed by atoms with van der Waals surface area (Å²) in [5, 5.41) is 8.72. The van der Waals surface area contributed by atoms with E-state index in [1.165, 1.54) is 0 Å². The van der Waals surface area contributed by atoms with E-state index in [2.05, 4.69) is 22.6 Å². The van der Waals surface area contributed by atoms with Gasteiger partial charge in [-0.3, -0.25) is 4.79 Å². The van der Waals surface area contributed by atoms with Crippen LogP contribution in [0.2, 0.25) is 0 Å². The molecule has 0 fully saturated rings. The van der Waals surface area contributed by atoms with Gasteiger partial charge in [0.2, 0.25) is 5.78 Å². The van der Waals surface area contributed by atoms with Gasteiger partial charge in [0.1, 0.15) is 18.1 Å². The van der Waals surface area contributed by atoms with Crippen molar-refractivity contribution >= 4 is 34.5 Å². The highest BCUT2D eigenvalue weighted by molar-refractivity contribution is 14.1. The average Bonchev–Trinajstić information content (AvgIpc) is 2.83. The topological polar surface area (TPSA) is 55.8 Å². The largest absolute Gasteiger partial charge is 0.491 e. The van der Waals surface area contributed by atoms with Crippen molar-refractivity contribution in [3.8, 4) is 11.5 Å². The molecule has 0 bridgehead atoms. The van der Waals surface area contributed by atoms with Crippen LogP contribution in [0.3, 0.4) is 0 Å². The molecule has 0 aliphatic carbocycles. The number of fused-ring (bicyclic) bond motifs is 1. The van der Waals surface area contributed by atoms with Gasteiger partial charge >= 0.3 is 0 Å². The predicted molar refractivity (Wildman–Crippen MR) is 91.1 cm³/mol. The molecule has 0 saturated carbocycles. The lowest BCUT2D eigenvalue weighted by atomic mass is 10.1. The van der Waals surface area contributed by atoms with Crippen LogP contribution in [0, 0.1) is 3.57 Å². The Morgan fingerprint density at radius 3 is 2.68 bits per heavy atom. The third-order valence-electron chi connectivity index (χ3n) is 3.17. The number of ketones is 1. The first-order valence-corrected chi connectivity index (χ1v) is 7.83. The summed E-state index contributed by atoms with van der Waals surface area (Å²) in [6.07, 6.45) is 1.71. The lowest BCUT2D eigenvalue weighted by molar-refractivity contribution is 0.101. The molecule has 1 aliphatic rings. The molecule has 0 amide bonds. The van der Waals surface area contributed by atoms with Crippen LogP contribution in [-0.4, -0.2) is 24.1 Å². The van der Waals surface area contributed by atoms with Crippen molar-refractivity contribution in [3.63, 3.8) is 0 Å². The number of halogens is 1. The molecule has 5 heteroatoms. The van der Waals surface area contributed by atoms with E-state index in [1.54, 1.807) is 18.2 Å². The number of Topliss-reactive ketones (excluding diaryl/α,β-unsaturated/α-hetero) is 1. The summed E-state index contributed by atoms with van der Waals surface area (Å²) >= 11 is 2.17. The number of ether oxygens (including phenoxy) is 2. The van der Waals surface area contributed by atoms with Gasteiger partial charge in [-0.1, -0.05) is 12.1 Å². The molecule has 0 spiro atoms. The lowest BCUT2D eigenvalue weighted by Gasteiger charge is -2.04. The molecule has 4 nitrogen and oxygen atoms in total. The molecular weight excluding hydrogens is 395 g/mol. The highest BCUT2D eigenvalue weighted by Crippen LogP contribution is 2.33. The molecule has 0 unspecified atom stereocenters. The normalized spacial score (nSPS) is 14.8. The smallest absolute Gasteiger partial charge is 0.232 e. The van der Waals surface area contributed by atoms with Crippen molar-refractivity contribution in [2.45, 2.75) is 0 Å². The zero-order chi connectivity index (χ0) is 15.5. The Bertz CT molecular complexity index is 735. The monoisotopic (exact) mass is 408 g/mol. The Balaban J connectivity index is 1.80. The van der Waals surface area contributed by atoms with E-state index in [-0.39, 0.29) is 19.0 Å². The van der Waals surface area contributed by atoms with Gasteiger partial charge in [0, 0.05) is 3.57 Å². The summed E-state index contributed by atoms with van der Waals surface area (Å²) in [6.45, 7) is 0.237. The number of allylic oxidation sites excluding steroid dienone is 1. The van der Waals surface area contributed by atoms with Crippen molar-refractivity contribution < 1.29 is 19.4 Å². The fourth-order valence-electron chi connectivity index (χ4n) is 2.14. The summed E-state index contributed by atoms with van der Waals surface area (Å²) in [5.74, 6) is 1.49. The minimum Gasteiger partial charge on any atom is -0.491 e. The van der Waals surface area contributed by atoms with Crippen molar-refractivity contribution in [1.82, 2.24) is 0 Å². The Kier molecular flexibility index (Phi) is 4.44. The third kappa shape index (κ3) is 3.15. The van der Waals surface area contributed by atoms with E-state index in [4.69, 9.17) is 14.6 Å². The first kappa shape index (κ1) is 15.1. The molecule has 112 valence electrons. The number of hydrogen-bond acceptors (Lipinski definition) is 4. The van der Waals surface area contributed by atoms with Gasteiger partial charge < -0.3 is 14.6 Å². The number of aliphatic hydroxyl groups excluding tert-OH is 1. The Labute approximate surface area is 141 Å². The maximum atomic E-state index is 12.3. The van der Waals surface area contributed by atoms with E-state index in [9.17, 15) is 4.79 Å². The molecule has 0 aromatic heterocycles. The second-order valence-corrected chi connectivity index (χ2v) is 5.97. The number of benzene rings is 2. The molecule has 0 radical (unpaired) electrons. The number of carbonyl (C=O) groups is 1. The maximum Gasteiger partial charge on any atom is 0.232 e. The SMILES string of the molecule is O=C1C(=Cc2ccc(OCCO)cc2)Oc2ccc(I)cc21. The highest BCUT2D eigenvalue weighted by Gasteiger charge is 2.27. The van der Waals surface area contributed by atoms with E-state index >= 15 is 0 Å². The van der Waals surface area contributed by atoms with Crippen molar-refractivity contribution in [3.05, 3.63) is 62.9 Å². The van der Waals surface area contributed by atoms with Gasteiger partial charge in [0.25, 0.3) is 0 Å². The highest BCUT2D eigenvalue weighted by atomic mass is 127. The standard InChI is InChI=1S/C17H13IO4/c18-12-3-6-15-14(10-12)17(20)16(22-15)9-11-1-4-13(5-2-11)21-8-7-19/h1-6,9-10,19H,7-8H2. The molecule has 2 aromatic carbocycles. The zero-order valence-electron chi connectivity index (χ0n) is 11.6. The van der Waals surface area contributed by atoms with Crippen LogP contribution in [0.15, 0.2) is 48.2 Å². The van der Waals surface area contributed by atoms with E-state index in [1.807, 2.05) is 30.3 Å². The van der Waals surface area contributed by atoms with Crippen LogP contribution in [0.25, 0.3) is 6.08 Å². The van der Waals surface area contributed by atoms with E-state index in [0.29, 0.717) is 22.8 Å². The minimum atomic E-state index is -0.103. The Morgan fingerprint density at radius 2 is 1.95 bits per heavy atom. The van der Waals surface area contributed by atoms with Crippen molar-refractivity contribution in [2.75, 3.05) is 13.2 Å². The molecule has 0 saturated heterocycles. The van der Waals surface area contributed by atoms with E-state index < -0.39 is 0 Å². The van der Waals surface area contributed by atoms with Crippen molar-refractivity contribution in [2.24, 2.45) is 0 Å². The number of carbonyl (C=O) groups excluding carboxylic acids is 1. The van der Waals surface area contributed by atoms with Crippen LogP contribution in [0.5, 0.6) is 11.5 Å². The molecule has 22 heavy (non-hydrogen) atoms. The predicted octanol–water partition coefficient (Wildman–Crippen LogP) is 3.28. The Hall–Kier alpha value is -1.86. The van der Waals surface area contributed by atoms with Gasteiger partial charge in [-0.05, 0) is 64.6 Å². The molecule has 1 N–H and O–H groups in total. The summed E-state index contributed by atoms with van der Waals surface area (Å²) < 4.78 is 11.9. The third-order valence-corrected chi connectivity index (χ3v) is 3.84. The summed E-state index contributed by atoms with van der Waals surface area (Å²) in [4.78, 5) is 12.3. The molecule has 2 aromatic rings. The molecule has 0 atom stereocenters. The van der Waals surface area contributed by atoms with Gasteiger partial charge in [0.15, 0.2) is 5.76 Å². The number of rotatable bonds is 4. The van der Waals surface area contributed by atoms with Gasteiger partial charge in [0.05, 0.1) is 12.2 Å². The second kappa shape index (κ2) is 6.50.